The number of hydrogen-bond donors (Lipinski definition) is 4. The van der Waals surface area contributed by atoms with Crippen LogP contribution in [0.1, 0.15) is 50.4 Å². The number of aromatic amines is 2. The molecule has 0 aliphatic carbocycles. The topological polar surface area (TPSA) is 107 Å². The predicted molar refractivity (Wildman–Crippen MR) is 141 cm³/mol. The standard InChI is InChI=1S/C28H30N8/c1-15-7-23(29-11-15)27-32-14-26(36-27)25-13-31-21-9-17(3-5-19(21)33-25)18-4-6-20-22(10-18)35-28(34-20)24-8-16(2)12-30-24/h3-6,9-10,13-16,23-24,29-30H,7-8,11-12H2,1-2H3,(H,32,36)(H,34,35)/t15-,16-,23+,24+/m1/s1. The Hall–Kier alpha value is -3.62. The van der Waals surface area contributed by atoms with Crippen LogP contribution in [0.4, 0.5) is 0 Å². The van der Waals surface area contributed by atoms with Crippen LogP contribution in [0.5, 0.6) is 0 Å². The van der Waals surface area contributed by atoms with E-state index in [0.29, 0.717) is 17.9 Å². The van der Waals surface area contributed by atoms with Gasteiger partial charge in [0.05, 0.1) is 52.2 Å². The third kappa shape index (κ3) is 3.86. The predicted octanol–water partition coefficient (Wildman–Crippen LogP) is 4.90. The second kappa shape index (κ2) is 8.50. The van der Waals surface area contributed by atoms with Crippen molar-refractivity contribution in [2.24, 2.45) is 11.8 Å². The maximum Gasteiger partial charge on any atom is 0.124 e. The van der Waals surface area contributed by atoms with Crippen LogP contribution < -0.4 is 10.6 Å². The molecule has 5 aromatic rings. The van der Waals surface area contributed by atoms with E-state index < -0.39 is 0 Å². The molecule has 0 spiro atoms. The number of hydrogen-bond acceptors (Lipinski definition) is 6. The molecule has 5 heterocycles. The van der Waals surface area contributed by atoms with Gasteiger partial charge in [0.2, 0.25) is 0 Å². The zero-order valence-electron chi connectivity index (χ0n) is 20.5. The fourth-order valence-electron chi connectivity index (χ4n) is 5.58. The summed E-state index contributed by atoms with van der Waals surface area (Å²) in [6, 6.07) is 13.3. The summed E-state index contributed by atoms with van der Waals surface area (Å²) in [5, 5.41) is 7.09. The zero-order chi connectivity index (χ0) is 24.2. The first-order valence-electron chi connectivity index (χ1n) is 12.9. The molecule has 0 unspecified atom stereocenters. The smallest absolute Gasteiger partial charge is 0.124 e. The summed E-state index contributed by atoms with van der Waals surface area (Å²) in [6.07, 6.45) is 5.91. The van der Waals surface area contributed by atoms with Gasteiger partial charge in [-0.05, 0) is 73.2 Å². The quantitative estimate of drug-likeness (QED) is 0.293. The molecule has 8 nitrogen and oxygen atoms in total. The van der Waals surface area contributed by atoms with Gasteiger partial charge in [0.25, 0.3) is 0 Å². The number of nitrogens with one attached hydrogen (secondary N) is 4. The highest BCUT2D eigenvalue weighted by Gasteiger charge is 2.25. The summed E-state index contributed by atoms with van der Waals surface area (Å²) < 4.78 is 0. The van der Waals surface area contributed by atoms with Gasteiger partial charge >= 0.3 is 0 Å². The number of H-pyrrole nitrogens is 2. The number of nitrogens with zero attached hydrogens (tertiary/aromatic N) is 4. The summed E-state index contributed by atoms with van der Waals surface area (Å²) in [7, 11) is 0. The number of imidazole rings is 2. The fraction of sp³-hybridized carbons (Fsp3) is 0.357. The van der Waals surface area contributed by atoms with Crippen LogP contribution in [0.3, 0.4) is 0 Å². The molecule has 0 amide bonds. The minimum absolute atomic E-state index is 0.283. The lowest BCUT2D eigenvalue weighted by molar-refractivity contribution is 0.588. The monoisotopic (exact) mass is 478 g/mol. The minimum atomic E-state index is 0.283. The highest BCUT2D eigenvalue weighted by atomic mass is 15.1. The van der Waals surface area contributed by atoms with Gasteiger partial charge in [-0.3, -0.25) is 4.98 Å². The Balaban J connectivity index is 1.16. The van der Waals surface area contributed by atoms with Crippen LogP contribution in [-0.4, -0.2) is 43.0 Å². The highest BCUT2D eigenvalue weighted by Crippen LogP contribution is 2.30. The maximum absolute atomic E-state index is 4.86. The van der Waals surface area contributed by atoms with Crippen molar-refractivity contribution in [1.82, 2.24) is 40.5 Å². The van der Waals surface area contributed by atoms with E-state index in [2.05, 4.69) is 69.8 Å². The molecule has 0 radical (unpaired) electrons. The first kappa shape index (κ1) is 21.6. The second-order valence-electron chi connectivity index (χ2n) is 10.6. The van der Waals surface area contributed by atoms with Gasteiger partial charge in [-0.1, -0.05) is 26.0 Å². The van der Waals surface area contributed by atoms with Gasteiger partial charge in [0, 0.05) is 0 Å². The molecule has 2 fully saturated rings. The van der Waals surface area contributed by atoms with E-state index in [1.807, 2.05) is 18.5 Å². The van der Waals surface area contributed by atoms with E-state index in [1.165, 1.54) is 0 Å². The highest BCUT2D eigenvalue weighted by molar-refractivity contribution is 5.86. The molecule has 4 atom stereocenters. The first-order valence-corrected chi connectivity index (χ1v) is 12.9. The molecular weight excluding hydrogens is 448 g/mol. The van der Waals surface area contributed by atoms with E-state index in [0.717, 1.165) is 82.2 Å². The molecule has 0 bridgehead atoms. The van der Waals surface area contributed by atoms with E-state index in [9.17, 15) is 0 Å². The molecule has 182 valence electrons. The van der Waals surface area contributed by atoms with Crippen LogP contribution in [-0.2, 0) is 0 Å². The summed E-state index contributed by atoms with van der Waals surface area (Å²) in [6.45, 7) is 6.62. The van der Waals surface area contributed by atoms with Gasteiger partial charge in [-0.25, -0.2) is 15.0 Å². The summed E-state index contributed by atoms with van der Waals surface area (Å²) >= 11 is 0. The van der Waals surface area contributed by atoms with E-state index in [1.54, 1.807) is 0 Å². The largest absolute Gasteiger partial charge is 0.341 e. The van der Waals surface area contributed by atoms with E-state index in [-0.39, 0.29) is 6.04 Å². The first-order chi connectivity index (χ1) is 17.6. The van der Waals surface area contributed by atoms with Crippen molar-refractivity contribution in [1.29, 1.82) is 0 Å². The molecular formula is C28H30N8. The molecule has 8 heteroatoms. The van der Waals surface area contributed by atoms with Gasteiger partial charge in [0.15, 0.2) is 0 Å². The maximum atomic E-state index is 4.86. The lowest BCUT2D eigenvalue weighted by atomic mass is 10.0. The fourth-order valence-corrected chi connectivity index (χ4v) is 5.58. The Morgan fingerprint density at radius 1 is 0.694 bits per heavy atom. The molecule has 3 aromatic heterocycles. The van der Waals surface area contributed by atoms with Crippen molar-refractivity contribution in [3.05, 3.63) is 60.4 Å². The van der Waals surface area contributed by atoms with E-state index in [4.69, 9.17) is 15.0 Å². The van der Waals surface area contributed by atoms with Crippen LogP contribution in [0.2, 0.25) is 0 Å². The Labute approximate surface area is 209 Å². The SMILES string of the molecule is C[C@H]1CN[C@H](c2ncc(-c3cnc4cc(-c5ccc6nc([C@@H]7C[C@@H](C)CN7)[nH]c6c5)ccc4n3)[nH]2)C1. The molecule has 36 heavy (non-hydrogen) atoms. The zero-order valence-corrected chi connectivity index (χ0v) is 20.5. The van der Waals surface area contributed by atoms with Crippen molar-refractivity contribution >= 4 is 22.1 Å². The molecule has 4 N–H and O–H groups in total. The van der Waals surface area contributed by atoms with Crippen LogP contribution >= 0.6 is 0 Å². The normalized spacial score (nSPS) is 24.3. The summed E-state index contributed by atoms with van der Waals surface area (Å²) in [5.41, 5.74) is 7.75. The van der Waals surface area contributed by atoms with Crippen LogP contribution in [0.15, 0.2) is 48.8 Å². The molecule has 2 aliphatic rings. The summed E-state index contributed by atoms with van der Waals surface area (Å²) in [5.74, 6) is 3.36. The third-order valence-corrected chi connectivity index (χ3v) is 7.61. The van der Waals surface area contributed by atoms with Crippen molar-refractivity contribution < 1.29 is 0 Å². The van der Waals surface area contributed by atoms with Crippen molar-refractivity contribution in [2.45, 2.75) is 38.8 Å². The van der Waals surface area contributed by atoms with Crippen LogP contribution in [0, 0.1) is 11.8 Å². The minimum Gasteiger partial charge on any atom is -0.341 e. The van der Waals surface area contributed by atoms with Gasteiger partial charge in [-0.2, -0.15) is 0 Å². The Morgan fingerprint density at radius 3 is 2.17 bits per heavy atom. The number of benzene rings is 2. The third-order valence-electron chi connectivity index (χ3n) is 7.61. The number of aromatic nitrogens is 6. The molecule has 2 saturated heterocycles. The lowest BCUT2D eigenvalue weighted by Crippen LogP contribution is -2.14. The van der Waals surface area contributed by atoms with Gasteiger partial charge in [-0.15, -0.1) is 0 Å². The number of rotatable bonds is 4. The average Bonchev–Trinajstić information content (AvgIpc) is 3.69. The van der Waals surface area contributed by atoms with E-state index >= 15 is 0 Å². The molecule has 2 aliphatic heterocycles. The van der Waals surface area contributed by atoms with Crippen molar-refractivity contribution in [2.75, 3.05) is 13.1 Å². The molecule has 7 rings (SSSR count). The molecule has 2 aromatic carbocycles. The molecule has 0 saturated carbocycles. The summed E-state index contributed by atoms with van der Waals surface area (Å²) in [4.78, 5) is 26.0. The second-order valence-corrected chi connectivity index (χ2v) is 10.6. The van der Waals surface area contributed by atoms with Gasteiger partial charge in [0.1, 0.15) is 17.3 Å². The Bertz CT molecular complexity index is 1570. The number of fused-ring (bicyclic) bond motifs is 2. The van der Waals surface area contributed by atoms with Crippen molar-refractivity contribution in [3.8, 4) is 22.5 Å². The average molecular weight is 479 g/mol. The van der Waals surface area contributed by atoms with Gasteiger partial charge < -0.3 is 20.6 Å². The lowest BCUT2D eigenvalue weighted by Gasteiger charge is -2.06. The Morgan fingerprint density at radius 2 is 1.42 bits per heavy atom. The van der Waals surface area contributed by atoms with Crippen molar-refractivity contribution in [3.63, 3.8) is 0 Å². The van der Waals surface area contributed by atoms with Crippen LogP contribution in [0.25, 0.3) is 44.6 Å². The Kier molecular flexibility index (Phi) is 5.11.